The maximum atomic E-state index is 2.38. The minimum atomic E-state index is 0. The largest absolute Gasteiger partial charge is 1.00 e. The molecule has 0 spiro atoms. The predicted molar refractivity (Wildman–Crippen MR) is 151 cm³/mol. The molecule has 0 aromatic carbocycles. The van der Waals surface area contributed by atoms with Crippen LogP contribution in [0, 0.1) is 5.41 Å². The first-order valence-electron chi connectivity index (χ1n) is 15.1. The number of hydrogen-bond donors (Lipinski definition) is 0. The van der Waals surface area contributed by atoms with Crippen LogP contribution in [0.3, 0.4) is 0 Å². The Labute approximate surface area is 213 Å². The van der Waals surface area contributed by atoms with Gasteiger partial charge in [-0.15, -0.1) is 0 Å². The summed E-state index contributed by atoms with van der Waals surface area (Å²) in [5.74, 6) is 0. The van der Waals surface area contributed by atoms with E-state index in [2.05, 4.69) is 27.7 Å². The van der Waals surface area contributed by atoms with Crippen molar-refractivity contribution in [2.24, 2.45) is 5.41 Å². The third-order valence-electron chi connectivity index (χ3n) is 7.56. The van der Waals surface area contributed by atoms with Gasteiger partial charge < -0.3 is 12.4 Å². The first kappa shape index (κ1) is 34.9. The summed E-state index contributed by atoms with van der Waals surface area (Å²) in [7, 11) is 0.732. The van der Waals surface area contributed by atoms with Crippen LogP contribution >= 0.6 is 8.58 Å². The van der Waals surface area contributed by atoms with Crippen LogP contribution in [0.1, 0.15) is 175 Å². The van der Waals surface area contributed by atoms with Crippen LogP contribution in [0.4, 0.5) is 0 Å². The summed E-state index contributed by atoms with van der Waals surface area (Å²) in [6, 6.07) is 0. The number of rotatable bonds is 26. The van der Waals surface area contributed by atoms with E-state index in [0.717, 1.165) is 8.58 Å². The summed E-state index contributed by atoms with van der Waals surface area (Å²) >= 11 is 0. The average Bonchev–Trinajstić information content (AvgIpc) is 2.79. The maximum absolute atomic E-state index is 2.38. The van der Waals surface area contributed by atoms with E-state index in [9.17, 15) is 0 Å². The molecular weight excluding hydrogens is 427 g/mol. The lowest BCUT2D eigenvalue weighted by Crippen LogP contribution is -3.00. The van der Waals surface area contributed by atoms with E-state index in [4.69, 9.17) is 0 Å². The highest BCUT2D eigenvalue weighted by molar-refractivity contribution is 7.37. The lowest BCUT2D eigenvalue weighted by atomic mass is 9.71. The first-order valence-corrected chi connectivity index (χ1v) is 16.7. The van der Waals surface area contributed by atoms with Gasteiger partial charge in [-0.3, -0.25) is 0 Å². The molecule has 0 aliphatic heterocycles. The molecule has 0 N–H and O–H groups in total. The normalized spacial score (nSPS) is 12.0. The minimum absolute atomic E-state index is 0. The number of halogens is 1. The molecule has 0 radical (unpaired) electrons. The van der Waals surface area contributed by atoms with Gasteiger partial charge in [0.1, 0.15) is 0 Å². The van der Waals surface area contributed by atoms with Crippen LogP contribution in [-0.2, 0) is 0 Å². The summed E-state index contributed by atoms with van der Waals surface area (Å²) in [6.45, 7) is 9.44. The van der Waals surface area contributed by atoms with E-state index in [-0.39, 0.29) is 12.4 Å². The number of unbranched alkanes of at least 4 members (excludes halogenated alkanes) is 14. The highest BCUT2D eigenvalue weighted by Crippen LogP contribution is 2.41. The molecule has 196 valence electrons. The van der Waals surface area contributed by atoms with Gasteiger partial charge in [0.05, 0.1) is 12.3 Å². The zero-order valence-corrected chi connectivity index (χ0v) is 25.0. The Bertz CT molecular complexity index is 309. The molecule has 1 atom stereocenters. The van der Waals surface area contributed by atoms with Crippen molar-refractivity contribution >= 4 is 8.58 Å². The second kappa shape index (κ2) is 28.0. The summed E-state index contributed by atoms with van der Waals surface area (Å²) in [5.41, 5.74) is 0.706. The lowest BCUT2D eigenvalue weighted by molar-refractivity contribution is -0.00000730. The molecule has 0 fully saturated rings. The topological polar surface area (TPSA) is 0 Å². The second-order valence-corrected chi connectivity index (χ2v) is 12.4. The van der Waals surface area contributed by atoms with Gasteiger partial charge in [0, 0.05) is 0 Å². The van der Waals surface area contributed by atoms with Gasteiger partial charge in [-0.2, -0.15) is 0 Å². The highest BCUT2D eigenvalue weighted by Gasteiger charge is 2.27. The van der Waals surface area contributed by atoms with Crippen LogP contribution in [0.2, 0.25) is 0 Å². The van der Waals surface area contributed by atoms with Gasteiger partial charge in [0.15, 0.2) is 0 Å². The minimum Gasteiger partial charge on any atom is -1.00 e. The van der Waals surface area contributed by atoms with Crippen LogP contribution in [-0.4, -0.2) is 12.3 Å². The summed E-state index contributed by atoms with van der Waals surface area (Å²) < 4.78 is 0. The molecule has 32 heavy (non-hydrogen) atoms. The molecule has 0 rings (SSSR count). The van der Waals surface area contributed by atoms with Crippen molar-refractivity contribution in [2.75, 3.05) is 12.3 Å². The van der Waals surface area contributed by atoms with E-state index in [1.54, 1.807) is 18.7 Å². The van der Waals surface area contributed by atoms with Crippen molar-refractivity contribution < 1.29 is 12.4 Å². The molecule has 0 aliphatic rings. The van der Waals surface area contributed by atoms with E-state index in [1.165, 1.54) is 141 Å². The SMILES string of the molecule is CCCCCCCCCCCCCC[PH2+]CCCC(CCCC)(CCCC)CCCC.[Cl-]. The van der Waals surface area contributed by atoms with Crippen LogP contribution < -0.4 is 12.4 Å². The zero-order chi connectivity index (χ0) is 22.9. The molecule has 0 bridgehead atoms. The van der Waals surface area contributed by atoms with Gasteiger partial charge in [-0.05, 0) is 58.9 Å². The zero-order valence-electron chi connectivity index (χ0n) is 23.1. The van der Waals surface area contributed by atoms with Crippen molar-refractivity contribution in [1.29, 1.82) is 0 Å². The molecule has 0 aliphatic carbocycles. The van der Waals surface area contributed by atoms with Crippen molar-refractivity contribution in [3.63, 3.8) is 0 Å². The Morgan fingerprint density at radius 1 is 0.375 bits per heavy atom. The standard InChI is InChI=1S/C30H63P.ClH/c1-5-9-13-14-15-16-17-18-19-20-21-22-28-31-29-23-27-30(24-10-6-2,25-11-7-3)26-12-8-4;/h31H,5-29H2,1-4H3;1H. The molecule has 0 nitrogen and oxygen atoms in total. The fourth-order valence-electron chi connectivity index (χ4n) is 5.30. The highest BCUT2D eigenvalue weighted by atomic mass is 35.5. The summed E-state index contributed by atoms with van der Waals surface area (Å²) in [4.78, 5) is 0. The third-order valence-corrected chi connectivity index (χ3v) is 9.19. The molecule has 0 aromatic heterocycles. The Hall–Kier alpha value is 0.720. The summed E-state index contributed by atoms with van der Waals surface area (Å²) in [5, 5.41) is 0. The van der Waals surface area contributed by atoms with E-state index in [0.29, 0.717) is 5.41 Å². The van der Waals surface area contributed by atoms with Crippen LogP contribution in [0.5, 0.6) is 0 Å². The van der Waals surface area contributed by atoms with E-state index >= 15 is 0 Å². The van der Waals surface area contributed by atoms with E-state index < -0.39 is 0 Å². The summed E-state index contributed by atoms with van der Waals surface area (Å²) in [6.07, 6.45) is 37.0. The average molecular weight is 491 g/mol. The van der Waals surface area contributed by atoms with Crippen molar-refractivity contribution in [1.82, 2.24) is 0 Å². The van der Waals surface area contributed by atoms with Gasteiger partial charge in [-0.25, -0.2) is 0 Å². The van der Waals surface area contributed by atoms with Crippen molar-refractivity contribution in [3.05, 3.63) is 0 Å². The third kappa shape index (κ3) is 22.5. The Kier molecular flexibility index (Phi) is 30.5. The molecule has 0 saturated carbocycles. The Balaban J connectivity index is 0. The van der Waals surface area contributed by atoms with Crippen LogP contribution in [0.25, 0.3) is 0 Å². The predicted octanol–water partition coefficient (Wildman–Crippen LogP) is 8.44. The smallest absolute Gasteiger partial charge is 0.0549 e. The molecule has 0 saturated heterocycles. The molecule has 0 aromatic rings. The quantitative estimate of drug-likeness (QED) is 0.0842. The molecule has 2 heteroatoms. The van der Waals surface area contributed by atoms with Gasteiger partial charge in [0.25, 0.3) is 0 Å². The molecular formula is C30H64ClP. The molecule has 1 unspecified atom stereocenters. The maximum Gasteiger partial charge on any atom is 0.0549 e. The second-order valence-electron chi connectivity index (χ2n) is 10.7. The molecule has 0 heterocycles. The van der Waals surface area contributed by atoms with Gasteiger partial charge >= 0.3 is 0 Å². The fourth-order valence-corrected chi connectivity index (χ4v) is 6.66. The number of hydrogen-bond acceptors (Lipinski definition) is 0. The monoisotopic (exact) mass is 490 g/mol. The van der Waals surface area contributed by atoms with Crippen molar-refractivity contribution in [2.45, 2.75) is 175 Å². The Morgan fingerprint density at radius 3 is 1.09 bits per heavy atom. The molecule has 0 amide bonds. The Morgan fingerprint density at radius 2 is 0.688 bits per heavy atom. The van der Waals surface area contributed by atoms with Crippen LogP contribution in [0.15, 0.2) is 0 Å². The van der Waals surface area contributed by atoms with Crippen molar-refractivity contribution in [3.8, 4) is 0 Å². The lowest BCUT2D eigenvalue weighted by Gasteiger charge is -2.34. The van der Waals surface area contributed by atoms with Gasteiger partial charge in [0.2, 0.25) is 0 Å². The fraction of sp³-hybridized carbons (Fsp3) is 1.00. The first-order chi connectivity index (χ1) is 15.2. The van der Waals surface area contributed by atoms with E-state index in [1.807, 2.05) is 0 Å². The van der Waals surface area contributed by atoms with Gasteiger partial charge in [-0.1, -0.05) is 130 Å².